The molecule has 0 aromatic heterocycles. The first-order valence-corrected chi connectivity index (χ1v) is 4.29. The Bertz CT molecular complexity index is 68.9. The van der Waals surface area contributed by atoms with Crippen LogP contribution in [-0.4, -0.2) is 0 Å². The molecule has 0 aliphatic heterocycles. The van der Waals surface area contributed by atoms with E-state index < -0.39 is 24.9 Å². The van der Waals surface area contributed by atoms with Crippen molar-refractivity contribution in [2.45, 2.75) is 5.13 Å². The van der Waals surface area contributed by atoms with E-state index in [4.69, 9.17) is 9.46 Å². The summed E-state index contributed by atoms with van der Waals surface area (Å²) in [7, 11) is -1.75. The van der Waals surface area contributed by atoms with E-state index in [1.54, 1.807) is 6.08 Å². The standard InChI is InChI=1S/C3H5.H3O2P.O.V/c2*1-3-2;;/h3H,1-2H2;3H2,(H,1,2);;/q;;;+1/p-1. The summed E-state index contributed by atoms with van der Waals surface area (Å²) in [5.41, 5.74) is 0. The van der Waals surface area contributed by atoms with Crippen LogP contribution in [0, 0.1) is 0 Å². The molecule has 0 rings (SSSR count). The summed E-state index contributed by atoms with van der Waals surface area (Å²) in [6.45, 7) is 3.37. The molecule has 0 spiro atoms. The zero-order valence-corrected chi connectivity index (χ0v) is 6.79. The van der Waals surface area contributed by atoms with Crippen LogP contribution in [-0.2, 0) is 24.5 Å². The van der Waals surface area contributed by atoms with Gasteiger partial charge in [0.1, 0.15) is 0 Å². The number of hydrogen-bond acceptors (Lipinski definition) is 3. The van der Waals surface area contributed by atoms with E-state index in [-0.39, 0.29) is 0 Å². The van der Waals surface area contributed by atoms with Crippen molar-refractivity contribution in [2.75, 3.05) is 0 Å². The summed E-state index contributed by atoms with van der Waals surface area (Å²) >= 11 is -0.652. The van der Waals surface area contributed by atoms with E-state index in [0.717, 1.165) is 0 Å². The van der Waals surface area contributed by atoms with Gasteiger partial charge in [-0.2, -0.15) is 0 Å². The molecule has 1 unspecified atom stereocenters. The van der Waals surface area contributed by atoms with E-state index in [2.05, 4.69) is 6.58 Å². The van der Waals surface area contributed by atoms with Gasteiger partial charge in [-0.15, -0.1) is 0 Å². The van der Waals surface area contributed by atoms with Crippen molar-refractivity contribution in [1.82, 2.24) is 0 Å². The Morgan fingerprint density at radius 1 is 1.88 bits per heavy atom. The van der Waals surface area contributed by atoms with Crippen molar-refractivity contribution in [3.8, 4) is 0 Å². The average Bonchev–Trinajstić information content (AvgIpc) is 1.71. The minimum absolute atomic E-state index is 0.652. The van der Waals surface area contributed by atoms with Crippen molar-refractivity contribution in [1.29, 1.82) is 0 Å². The quantitative estimate of drug-likeness (QED) is 0.437. The van der Waals surface area contributed by atoms with E-state index in [1.807, 2.05) is 0 Å². The zero-order valence-electron chi connectivity index (χ0n) is 4.24. The molecule has 0 heterocycles. The second-order valence-electron chi connectivity index (χ2n) is 0.697. The Morgan fingerprint density at radius 2 is 2.25 bits per heavy atom. The first-order chi connectivity index (χ1) is 3.83. The normalized spacial score (nSPS) is 7.12. The summed E-state index contributed by atoms with van der Waals surface area (Å²) < 4.78 is 18.0. The summed E-state index contributed by atoms with van der Waals surface area (Å²) in [6.07, 6.45) is 1.66. The van der Waals surface area contributed by atoms with Crippen LogP contribution >= 0.6 is 8.69 Å². The van der Waals surface area contributed by atoms with Gasteiger partial charge in [0.25, 0.3) is 0 Å². The van der Waals surface area contributed by atoms with Crippen LogP contribution in [0.4, 0.5) is 0 Å². The second kappa shape index (κ2) is 15.7. The van der Waals surface area contributed by atoms with E-state index in [0.29, 0.717) is 5.13 Å². The Kier molecular flexibility index (Phi) is 21.8. The van der Waals surface area contributed by atoms with Gasteiger partial charge in [0.15, 0.2) is 0 Å². The van der Waals surface area contributed by atoms with Crippen LogP contribution in [0.1, 0.15) is 0 Å². The average molecular weight is 173 g/mol. The first kappa shape index (κ1) is 11.2. The van der Waals surface area contributed by atoms with Crippen molar-refractivity contribution in [3.63, 3.8) is 0 Å². The molecule has 0 aromatic carbocycles. The Morgan fingerprint density at radius 3 is 2.25 bits per heavy atom. The third kappa shape index (κ3) is 33.3. The molecule has 8 heavy (non-hydrogen) atoms. The summed E-state index contributed by atoms with van der Waals surface area (Å²) in [5, 5.41) is 0.691. The van der Waals surface area contributed by atoms with E-state index >= 15 is 0 Å². The molecule has 1 atom stereocenters. The molecule has 3 nitrogen and oxygen atoms in total. The number of hydrogen-bond donors (Lipinski definition) is 0. The van der Waals surface area contributed by atoms with Gasteiger partial charge in [-0.1, -0.05) is 0 Å². The molecular weight excluding hydrogens is 166 g/mol. The van der Waals surface area contributed by atoms with Crippen LogP contribution < -0.4 is 4.89 Å². The fourth-order valence-electron chi connectivity index (χ4n) is 0.0527. The summed E-state index contributed by atoms with van der Waals surface area (Å²) in [5.74, 6) is 0. The maximum atomic E-state index is 9.55. The van der Waals surface area contributed by atoms with Gasteiger partial charge in [-0.3, -0.25) is 0 Å². The predicted octanol–water partition coefficient (Wildman–Crippen LogP) is 0.0367. The molecule has 0 N–H and O–H groups in total. The molecule has 5 heteroatoms. The number of allylic oxidation sites excluding steroid dienone is 1. The molecule has 47 valence electrons. The van der Waals surface area contributed by atoms with Gasteiger partial charge in [-0.05, 0) is 8.69 Å². The Labute approximate surface area is 56.4 Å². The van der Waals surface area contributed by atoms with Gasteiger partial charge in [0.05, 0.1) is 0 Å². The van der Waals surface area contributed by atoms with Gasteiger partial charge in [-0.25, -0.2) is 0 Å². The fourth-order valence-corrected chi connectivity index (χ4v) is 0.217. The van der Waals surface area contributed by atoms with Crippen molar-refractivity contribution >= 4 is 8.69 Å². The molecular formula is C3H7O3PV. The summed E-state index contributed by atoms with van der Waals surface area (Å²) in [4.78, 5) is 8.46. The van der Waals surface area contributed by atoms with Gasteiger partial charge in [0.2, 0.25) is 0 Å². The fraction of sp³-hybridized carbons (Fsp3) is 0.333. The minimum Gasteiger partial charge on any atom is -0.804 e. The molecule has 0 amide bonds. The van der Waals surface area contributed by atoms with Crippen LogP contribution in [0.3, 0.4) is 0 Å². The topological polar surface area (TPSA) is 57.2 Å². The second-order valence-corrected chi connectivity index (χ2v) is 1.86. The van der Waals surface area contributed by atoms with Crippen molar-refractivity contribution in [2.24, 2.45) is 0 Å². The van der Waals surface area contributed by atoms with Gasteiger partial charge < -0.3 is 9.46 Å². The smallest absolute Gasteiger partial charge is 0.0110 e. The van der Waals surface area contributed by atoms with Crippen LogP contribution in [0.2, 0.25) is 5.13 Å². The minimum atomic E-state index is -1.75. The van der Waals surface area contributed by atoms with Crippen molar-refractivity contribution < 1.29 is 29.4 Å². The van der Waals surface area contributed by atoms with Crippen LogP contribution in [0.25, 0.3) is 0 Å². The molecule has 0 saturated carbocycles. The molecule has 0 fully saturated rings. The Hall–Kier alpha value is 0.314. The largest absolute Gasteiger partial charge is 0.804 e. The first-order valence-electron chi connectivity index (χ1n) is 1.79. The van der Waals surface area contributed by atoms with Crippen LogP contribution in [0.5, 0.6) is 0 Å². The third-order valence-electron chi connectivity index (χ3n) is 0.204. The maximum Gasteiger partial charge on any atom is -0.0110 e. The van der Waals surface area contributed by atoms with Crippen LogP contribution in [0.15, 0.2) is 12.7 Å². The molecule has 0 bridgehead atoms. The van der Waals surface area contributed by atoms with E-state index in [1.165, 1.54) is 0 Å². The number of rotatable bonds is 2. The summed E-state index contributed by atoms with van der Waals surface area (Å²) in [6, 6.07) is 0. The zero-order chi connectivity index (χ0) is 6.83. The van der Waals surface area contributed by atoms with Gasteiger partial charge >= 0.3 is 37.7 Å². The molecule has 0 aliphatic carbocycles. The molecule has 0 radical (unpaired) electrons. The monoisotopic (exact) mass is 173 g/mol. The van der Waals surface area contributed by atoms with E-state index in [9.17, 15) is 3.67 Å². The molecule has 0 aromatic rings. The maximum absolute atomic E-state index is 9.55. The third-order valence-corrected chi connectivity index (χ3v) is 0.840. The predicted molar refractivity (Wildman–Crippen MR) is 26.1 cm³/mol. The van der Waals surface area contributed by atoms with Crippen molar-refractivity contribution in [3.05, 3.63) is 12.7 Å². The molecule has 0 saturated heterocycles. The Balaban J connectivity index is 0. The molecule has 0 aliphatic rings. The van der Waals surface area contributed by atoms with Gasteiger partial charge in [0, 0.05) is 0 Å². The SMILES string of the molecule is C=C[CH2][V+]=[O].O=[PH2][O-].